The van der Waals surface area contributed by atoms with Crippen LogP contribution in [-0.4, -0.2) is 38.2 Å². The van der Waals surface area contributed by atoms with Crippen LogP contribution in [0.5, 0.6) is 23.0 Å². The van der Waals surface area contributed by atoms with E-state index in [0.717, 1.165) is 52.5 Å². The van der Waals surface area contributed by atoms with Crippen LogP contribution >= 0.6 is 0 Å². The summed E-state index contributed by atoms with van der Waals surface area (Å²) in [5.41, 5.74) is 3.90. The lowest BCUT2D eigenvalue weighted by molar-refractivity contribution is -0.120. The zero-order chi connectivity index (χ0) is 19.6. The summed E-state index contributed by atoms with van der Waals surface area (Å²) in [7, 11) is 0. The van der Waals surface area contributed by atoms with E-state index in [0.29, 0.717) is 32.1 Å². The standard InChI is InChI=1S/C22H22N2O5/c25-22(24-12-14-2-3-18-19(8-14)29-13-28-18)11-17-16-10-21-20(26-6-1-7-27-21)9-15(16)4-5-23-17/h2-3,8-10H,1,4-7,11-13H2,(H,24,25). The predicted octanol–water partition coefficient (Wildman–Crippen LogP) is 2.63. The SMILES string of the molecule is O=C(CC1=NCCc2cc3c(cc21)OCCCO3)NCc1ccc2c(c1)OCO2. The summed E-state index contributed by atoms with van der Waals surface area (Å²) in [6.45, 7) is 2.64. The van der Waals surface area contributed by atoms with Crippen molar-refractivity contribution in [1.82, 2.24) is 5.32 Å². The second kappa shape index (κ2) is 7.66. The van der Waals surface area contributed by atoms with Gasteiger partial charge in [0, 0.05) is 25.1 Å². The molecule has 7 nitrogen and oxygen atoms in total. The molecular formula is C22H22N2O5. The summed E-state index contributed by atoms with van der Waals surface area (Å²) in [5, 5.41) is 2.97. The highest BCUT2D eigenvalue weighted by atomic mass is 16.7. The van der Waals surface area contributed by atoms with Gasteiger partial charge in [-0.1, -0.05) is 6.07 Å². The lowest BCUT2D eigenvalue weighted by Crippen LogP contribution is -2.27. The molecule has 3 aliphatic rings. The van der Waals surface area contributed by atoms with Crippen LogP contribution in [0.15, 0.2) is 35.3 Å². The molecule has 2 aromatic carbocycles. The first-order valence-corrected chi connectivity index (χ1v) is 9.88. The second-order valence-corrected chi connectivity index (χ2v) is 7.23. The van der Waals surface area contributed by atoms with Crippen molar-refractivity contribution in [2.75, 3.05) is 26.6 Å². The Morgan fingerprint density at radius 3 is 2.66 bits per heavy atom. The van der Waals surface area contributed by atoms with Crippen LogP contribution in [0.4, 0.5) is 0 Å². The average Bonchev–Trinajstić information content (AvgIpc) is 3.08. The number of rotatable bonds is 4. The molecule has 150 valence electrons. The van der Waals surface area contributed by atoms with E-state index in [4.69, 9.17) is 18.9 Å². The topological polar surface area (TPSA) is 78.4 Å². The Balaban J connectivity index is 1.27. The van der Waals surface area contributed by atoms with Gasteiger partial charge in [-0.3, -0.25) is 9.79 Å². The van der Waals surface area contributed by atoms with E-state index in [-0.39, 0.29) is 19.1 Å². The Hall–Kier alpha value is -3.22. The Kier molecular flexibility index (Phi) is 4.71. The highest BCUT2D eigenvalue weighted by Crippen LogP contribution is 2.35. The third kappa shape index (κ3) is 3.72. The number of ether oxygens (including phenoxy) is 4. The van der Waals surface area contributed by atoms with E-state index >= 15 is 0 Å². The molecule has 0 spiro atoms. The minimum atomic E-state index is -0.0682. The predicted molar refractivity (Wildman–Crippen MR) is 106 cm³/mol. The Labute approximate surface area is 168 Å². The molecular weight excluding hydrogens is 372 g/mol. The van der Waals surface area contributed by atoms with Crippen molar-refractivity contribution in [1.29, 1.82) is 0 Å². The number of nitrogens with zero attached hydrogens (tertiary/aromatic N) is 1. The van der Waals surface area contributed by atoms with Crippen LogP contribution in [0.2, 0.25) is 0 Å². The molecule has 1 N–H and O–H groups in total. The number of hydrogen-bond acceptors (Lipinski definition) is 6. The summed E-state index contributed by atoms with van der Waals surface area (Å²) in [4.78, 5) is 17.2. The highest BCUT2D eigenvalue weighted by Gasteiger charge is 2.22. The maximum absolute atomic E-state index is 12.6. The van der Waals surface area contributed by atoms with Crippen molar-refractivity contribution in [3.63, 3.8) is 0 Å². The number of nitrogens with one attached hydrogen (secondary N) is 1. The summed E-state index contributed by atoms with van der Waals surface area (Å²) >= 11 is 0. The van der Waals surface area contributed by atoms with Gasteiger partial charge in [-0.05, 0) is 41.8 Å². The number of carbonyl (C=O) groups excluding carboxylic acids is 1. The smallest absolute Gasteiger partial charge is 0.231 e. The van der Waals surface area contributed by atoms with Crippen LogP contribution in [0.3, 0.4) is 0 Å². The fourth-order valence-electron chi connectivity index (χ4n) is 3.74. The van der Waals surface area contributed by atoms with Gasteiger partial charge in [0.15, 0.2) is 23.0 Å². The fourth-order valence-corrected chi connectivity index (χ4v) is 3.74. The Morgan fingerprint density at radius 1 is 0.966 bits per heavy atom. The van der Waals surface area contributed by atoms with Crippen LogP contribution in [0.25, 0.3) is 0 Å². The van der Waals surface area contributed by atoms with Crippen molar-refractivity contribution < 1.29 is 23.7 Å². The molecule has 0 aromatic heterocycles. The number of fused-ring (bicyclic) bond motifs is 3. The number of amides is 1. The van der Waals surface area contributed by atoms with Gasteiger partial charge in [-0.15, -0.1) is 0 Å². The summed E-state index contributed by atoms with van der Waals surface area (Å²) in [6.07, 6.45) is 1.94. The van der Waals surface area contributed by atoms with Crippen LogP contribution in [0.1, 0.15) is 29.5 Å². The van der Waals surface area contributed by atoms with Gasteiger partial charge in [-0.2, -0.15) is 0 Å². The first-order chi connectivity index (χ1) is 14.3. The van der Waals surface area contributed by atoms with Crippen LogP contribution in [0, 0.1) is 0 Å². The van der Waals surface area contributed by atoms with Crippen LogP contribution < -0.4 is 24.3 Å². The zero-order valence-electron chi connectivity index (χ0n) is 16.0. The van der Waals surface area contributed by atoms with Gasteiger partial charge < -0.3 is 24.3 Å². The van der Waals surface area contributed by atoms with Gasteiger partial charge in [0.05, 0.1) is 25.3 Å². The highest BCUT2D eigenvalue weighted by molar-refractivity contribution is 6.12. The molecule has 3 heterocycles. The average molecular weight is 394 g/mol. The summed E-state index contributed by atoms with van der Waals surface area (Å²) < 4.78 is 22.3. The van der Waals surface area contributed by atoms with E-state index in [2.05, 4.69) is 10.3 Å². The summed E-state index contributed by atoms with van der Waals surface area (Å²) in [5.74, 6) is 2.90. The van der Waals surface area contributed by atoms with Gasteiger partial charge in [0.2, 0.25) is 12.7 Å². The molecule has 29 heavy (non-hydrogen) atoms. The Morgan fingerprint density at radius 2 is 1.76 bits per heavy atom. The molecule has 0 saturated heterocycles. The number of aliphatic imine (C=N–C) groups is 1. The second-order valence-electron chi connectivity index (χ2n) is 7.23. The largest absolute Gasteiger partial charge is 0.490 e. The monoisotopic (exact) mass is 394 g/mol. The molecule has 1 amide bonds. The molecule has 0 bridgehead atoms. The third-order valence-corrected chi connectivity index (χ3v) is 5.22. The van der Waals surface area contributed by atoms with Crippen molar-refractivity contribution in [2.24, 2.45) is 4.99 Å². The molecule has 7 heteroatoms. The van der Waals surface area contributed by atoms with Gasteiger partial charge >= 0.3 is 0 Å². The minimum Gasteiger partial charge on any atom is -0.490 e. The molecule has 0 atom stereocenters. The first-order valence-electron chi connectivity index (χ1n) is 9.88. The number of carbonyl (C=O) groups is 1. The molecule has 0 radical (unpaired) electrons. The van der Waals surface area contributed by atoms with Crippen molar-refractivity contribution in [2.45, 2.75) is 25.8 Å². The van der Waals surface area contributed by atoms with E-state index in [1.165, 1.54) is 0 Å². The Bertz CT molecular complexity index is 985. The van der Waals surface area contributed by atoms with Crippen molar-refractivity contribution in [3.05, 3.63) is 47.0 Å². The number of benzene rings is 2. The van der Waals surface area contributed by atoms with E-state index in [1.807, 2.05) is 30.3 Å². The fraction of sp³-hybridized carbons (Fsp3) is 0.364. The minimum absolute atomic E-state index is 0.0682. The summed E-state index contributed by atoms with van der Waals surface area (Å²) in [6, 6.07) is 9.68. The molecule has 3 aliphatic heterocycles. The lowest BCUT2D eigenvalue weighted by atomic mass is 9.95. The molecule has 0 saturated carbocycles. The van der Waals surface area contributed by atoms with E-state index in [9.17, 15) is 4.79 Å². The van der Waals surface area contributed by atoms with Gasteiger partial charge in [-0.25, -0.2) is 0 Å². The van der Waals surface area contributed by atoms with Crippen molar-refractivity contribution in [3.8, 4) is 23.0 Å². The van der Waals surface area contributed by atoms with E-state index in [1.54, 1.807) is 0 Å². The maximum atomic E-state index is 12.6. The third-order valence-electron chi connectivity index (χ3n) is 5.22. The molecule has 0 fully saturated rings. The van der Waals surface area contributed by atoms with Crippen LogP contribution in [-0.2, 0) is 17.8 Å². The maximum Gasteiger partial charge on any atom is 0.231 e. The van der Waals surface area contributed by atoms with E-state index < -0.39 is 0 Å². The zero-order valence-corrected chi connectivity index (χ0v) is 16.0. The van der Waals surface area contributed by atoms with Crippen molar-refractivity contribution >= 4 is 11.6 Å². The first kappa shape index (κ1) is 17.8. The molecule has 0 aliphatic carbocycles. The molecule has 0 unspecified atom stereocenters. The quantitative estimate of drug-likeness (QED) is 0.863. The molecule has 2 aromatic rings. The normalized spacial score (nSPS) is 16.5. The molecule has 5 rings (SSSR count). The van der Waals surface area contributed by atoms with Gasteiger partial charge in [0.25, 0.3) is 0 Å². The number of hydrogen-bond donors (Lipinski definition) is 1. The lowest BCUT2D eigenvalue weighted by Gasteiger charge is -2.19. The van der Waals surface area contributed by atoms with Gasteiger partial charge in [0.1, 0.15) is 0 Å².